The van der Waals surface area contributed by atoms with E-state index in [0.29, 0.717) is 11.4 Å². The maximum atomic E-state index is 5.68. The zero-order chi connectivity index (χ0) is 14.7. The van der Waals surface area contributed by atoms with Gasteiger partial charge in [-0.3, -0.25) is 0 Å². The van der Waals surface area contributed by atoms with Gasteiger partial charge in [-0.05, 0) is 31.4 Å². The van der Waals surface area contributed by atoms with E-state index in [1.165, 1.54) is 11.3 Å². The summed E-state index contributed by atoms with van der Waals surface area (Å²) >= 11 is 5.03. The number of hydrogen-bond acceptors (Lipinski definition) is 4. The Morgan fingerprint density at radius 1 is 1.19 bits per heavy atom. The highest BCUT2D eigenvalue weighted by Crippen LogP contribution is 2.32. The largest absolute Gasteiger partial charge is 0.393 e. The number of para-hydroxylation sites is 1. The summed E-state index contributed by atoms with van der Waals surface area (Å²) in [6.45, 7) is 0.739. The van der Waals surface area contributed by atoms with Crippen LogP contribution in [-0.4, -0.2) is 21.5 Å². The van der Waals surface area contributed by atoms with Gasteiger partial charge < -0.3 is 10.6 Å². The number of nitrogens with two attached hydrogens (primary N) is 1. The van der Waals surface area contributed by atoms with Crippen molar-refractivity contribution in [3.8, 4) is 0 Å². The Bertz CT molecular complexity index is 642. The number of benzene rings is 1. The Balaban J connectivity index is 1.99. The molecule has 1 aliphatic carbocycles. The SMILES string of the molecule is NC(=S)CCN(c1ccccc1)c1ncnc2c1CCC2. The van der Waals surface area contributed by atoms with Crippen molar-refractivity contribution < 1.29 is 0 Å². The maximum Gasteiger partial charge on any atom is 0.139 e. The first-order chi connectivity index (χ1) is 10.3. The summed E-state index contributed by atoms with van der Waals surface area (Å²) in [5.41, 5.74) is 9.24. The van der Waals surface area contributed by atoms with Gasteiger partial charge in [0.15, 0.2) is 0 Å². The topological polar surface area (TPSA) is 55.0 Å². The van der Waals surface area contributed by atoms with E-state index >= 15 is 0 Å². The van der Waals surface area contributed by atoms with Crippen LogP contribution in [-0.2, 0) is 12.8 Å². The monoisotopic (exact) mass is 298 g/mol. The van der Waals surface area contributed by atoms with Crippen molar-refractivity contribution in [3.63, 3.8) is 0 Å². The lowest BCUT2D eigenvalue weighted by Gasteiger charge is -2.25. The first kappa shape index (κ1) is 13.9. The third kappa shape index (κ3) is 3.03. The van der Waals surface area contributed by atoms with Crippen molar-refractivity contribution in [2.24, 2.45) is 5.73 Å². The molecule has 0 amide bonds. The van der Waals surface area contributed by atoms with Crippen molar-refractivity contribution in [1.82, 2.24) is 9.97 Å². The van der Waals surface area contributed by atoms with E-state index < -0.39 is 0 Å². The second-order valence-electron chi connectivity index (χ2n) is 5.18. The number of rotatable bonds is 5. The maximum absolute atomic E-state index is 5.68. The lowest BCUT2D eigenvalue weighted by atomic mass is 10.2. The number of aryl methyl sites for hydroxylation is 1. The Kier molecular flexibility index (Phi) is 4.10. The lowest BCUT2D eigenvalue weighted by molar-refractivity contribution is 0.895. The van der Waals surface area contributed by atoms with E-state index in [4.69, 9.17) is 18.0 Å². The molecule has 5 heteroatoms. The fourth-order valence-corrected chi connectivity index (χ4v) is 2.85. The highest BCUT2D eigenvalue weighted by atomic mass is 32.1. The third-order valence-electron chi connectivity index (χ3n) is 3.76. The van der Waals surface area contributed by atoms with Gasteiger partial charge in [-0.25, -0.2) is 9.97 Å². The molecule has 1 heterocycles. The van der Waals surface area contributed by atoms with Crippen LogP contribution in [0.25, 0.3) is 0 Å². The van der Waals surface area contributed by atoms with Gasteiger partial charge >= 0.3 is 0 Å². The lowest BCUT2D eigenvalue weighted by Crippen LogP contribution is -2.25. The van der Waals surface area contributed by atoms with E-state index in [9.17, 15) is 0 Å². The summed E-state index contributed by atoms with van der Waals surface area (Å²) in [6.07, 6.45) is 5.57. The molecule has 2 N–H and O–H groups in total. The van der Waals surface area contributed by atoms with E-state index in [1.807, 2.05) is 18.2 Å². The van der Waals surface area contributed by atoms with Crippen molar-refractivity contribution >= 4 is 28.7 Å². The molecule has 0 bridgehead atoms. The highest BCUT2D eigenvalue weighted by molar-refractivity contribution is 7.80. The summed E-state index contributed by atoms with van der Waals surface area (Å²) < 4.78 is 0. The summed E-state index contributed by atoms with van der Waals surface area (Å²) in [4.78, 5) is 11.7. The van der Waals surface area contributed by atoms with Crippen LogP contribution in [0.2, 0.25) is 0 Å². The molecular weight excluding hydrogens is 280 g/mol. The molecule has 1 aromatic heterocycles. The summed E-state index contributed by atoms with van der Waals surface area (Å²) in [5.74, 6) is 1.000. The molecule has 0 saturated heterocycles. The van der Waals surface area contributed by atoms with E-state index in [-0.39, 0.29) is 0 Å². The first-order valence-electron chi connectivity index (χ1n) is 7.19. The first-order valence-corrected chi connectivity index (χ1v) is 7.60. The molecule has 108 valence electrons. The van der Waals surface area contributed by atoms with Crippen LogP contribution >= 0.6 is 12.2 Å². The van der Waals surface area contributed by atoms with E-state index in [2.05, 4.69) is 27.0 Å². The average Bonchev–Trinajstić information content (AvgIpc) is 2.97. The van der Waals surface area contributed by atoms with Crippen LogP contribution in [0.3, 0.4) is 0 Å². The smallest absolute Gasteiger partial charge is 0.139 e. The van der Waals surface area contributed by atoms with Gasteiger partial charge in [0.1, 0.15) is 12.1 Å². The third-order valence-corrected chi connectivity index (χ3v) is 3.96. The molecule has 0 atom stereocenters. The van der Waals surface area contributed by atoms with E-state index in [0.717, 1.165) is 37.3 Å². The average molecular weight is 298 g/mol. The zero-order valence-electron chi connectivity index (χ0n) is 11.8. The fraction of sp³-hybridized carbons (Fsp3) is 0.312. The molecule has 4 nitrogen and oxygen atoms in total. The van der Waals surface area contributed by atoms with Gasteiger partial charge in [-0.1, -0.05) is 30.4 Å². The number of aromatic nitrogens is 2. The summed E-state index contributed by atoms with van der Waals surface area (Å²) in [7, 11) is 0. The Morgan fingerprint density at radius 3 is 2.76 bits per heavy atom. The predicted molar refractivity (Wildman–Crippen MR) is 88.9 cm³/mol. The summed E-state index contributed by atoms with van der Waals surface area (Å²) in [5, 5.41) is 0. The standard InChI is InChI=1S/C16H18N4S/c17-15(21)9-10-20(12-5-2-1-3-6-12)16-13-7-4-8-14(13)18-11-19-16/h1-3,5-6,11H,4,7-10H2,(H2,17,21). The number of hydrogen-bond donors (Lipinski definition) is 1. The van der Waals surface area contributed by atoms with Gasteiger partial charge in [0.25, 0.3) is 0 Å². The van der Waals surface area contributed by atoms with Gasteiger partial charge in [-0.15, -0.1) is 0 Å². The molecule has 21 heavy (non-hydrogen) atoms. The van der Waals surface area contributed by atoms with Crippen LogP contribution < -0.4 is 10.6 Å². The molecule has 0 spiro atoms. The molecule has 0 fully saturated rings. The van der Waals surface area contributed by atoms with E-state index in [1.54, 1.807) is 6.33 Å². The minimum atomic E-state index is 0.529. The van der Waals surface area contributed by atoms with Gasteiger partial charge in [0, 0.05) is 29.9 Å². The fourth-order valence-electron chi connectivity index (χ4n) is 2.76. The number of fused-ring (bicyclic) bond motifs is 1. The van der Waals surface area contributed by atoms with Crippen molar-refractivity contribution in [2.45, 2.75) is 25.7 Å². The highest BCUT2D eigenvalue weighted by Gasteiger charge is 2.21. The molecule has 0 unspecified atom stereocenters. The van der Waals surface area contributed by atoms with Gasteiger partial charge in [-0.2, -0.15) is 0 Å². The Labute approximate surface area is 130 Å². The van der Waals surface area contributed by atoms with Gasteiger partial charge in [0.2, 0.25) is 0 Å². The molecular formula is C16H18N4S. The molecule has 2 aromatic rings. The molecule has 0 aliphatic heterocycles. The number of nitrogens with zero attached hydrogens (tertiary/aromatic N) is 3. The van der Waals surface area contributed by atoms with Crippen molar-refractivity contribution in [2.75, 3.05) is 11.4 Å². The molecule has 1 aliphatic rings. The Hall–Kier alpha value is -2.01. The zero-order valence-corrected chi connectivity index (χ0v) is 12.6. The van der Waals surface area contributed by atoms with Gasteiger partial charge in [0.05, 0.1) is 4.99 Å². The Morgan fingerprint density at radius 2 is 2.00 bits per heavy atom. The van der Waals surface area contributed by atoms with Crippen LogP contribution in [0.4, 0.5) is 11.5 Å². The van der Waals surface area contributed by atoms with Crippen LogP contribution in [0.5, 0.6) is 0 Å². The van der Waals surface area contributed by atoms with Crippen LogP contribution in [0, 0.1) is 0 Å². The van der Waals surface area contributed by atoms with Crippen molar-refractivity contribution in [3.05, 3.63) is 47.9 Å². The van der Waals surface area contributed by atoms with Crippen molar-refractivity contribution in [1.29, 1.82) is 0 Å². The normalized spacial score (nSPS) is 13.0. The summed E-state index contributed by atoms with van der Waals surface area (Å²) in [6, 6.07) is 10.3. The second kappa shape index (κ2) is 6.18. The number of anilines is 2. The second-order valence-corrected chi connectivity index (χ2v) is 5.70. The minimum Gasteiger partial charge on any atom is -0.393 e. The predicted octanol–water partition coefficient (Wildman–Crippen LogP) is 2.78. The van der Waals surface area contributed by atoms with Crippen LogP contribution in [0.1, 0.15) is 24.1 Å². The van der Waals surface area contributed by atoms with Crippen LogP contribution in [0.15, 0.2) is 36.7 Å². The quantitative estimate of drug-likeness (QED) is 0.860. The molecule has 3 rings (SSSR count). The molecule has 0 saturated carbocycles. The molecule has 1 aromatic carbocycles. The number of thiocarbonyl (C=S) groups is 1. The molecule has 0 radical (unpaired) electrons. The minimum absolute atomic E-state index is 0.529.